The first-order valence-electron chi connectivity index (χ1n) is 8.87. The zero-order chi connectivity index (χ0) is 15.7. The minimum absolute atomic E-state index is 0.260. The number of nitrogens with zero attached hydrogens (tertiary/aromatic N) is 1. The summed E-state index contributed by atoms with van der Waals surface area (Å²) >= 11 is 0. The molecule has 0 heterocycles. The van der Waals surface area contributed by atoms with Crippen LogP contribution in [0.2, 0.25) is 0 Å². The quantitative estimate of drug-likeness (QED) is 0.746. The molecule has 3 nitrogen and oxygen atoms in total. The van der Waals surface area contributed by atoms with Gasteiger partial charge in [0.15, 0.2) is 0 Å². The van der Waals surface area contributed by atoms with Crippen molar-refractivity contribution in [1.82, 2.24) is 4.90 Å². The highest BCUT2D eigenvalue weighted by Crippen LogP contribution is 2.66. The number of hydrogen-bond donors (Lipinski definition) is 1. The lowest BCUT2D eigenvalue weighted by Crippen LogP contribution is -2.38. The van der Waals surface area contributed by atoms with E-state index >= 15 is 0 Å². The zero-order valence-electron chi connectivity index (χ0n) is 14.7. The number of fused-ring (bicyclic) bond motifs is 2. The molecule has 2 aliphatic rings. The second-order valence-electron chi connectivity index (χ2n) is 7.90. The van der Waals surface area contributed by atoms with E-state index in [2.05, 4.69) is 39.5 Å². The van der Waals surface area contributed by atoms with Gasteiger partial charge in [-0.05, 0) is 55.5 Å². The molecule has 0 aromatic heterocycles. The molecule has 0 aliphatic heterocycles. The van der Waals surface area contributed by atoms with Crippen LogP contribution in [0.4, 0.5) is 0 Å². The Bertz CT molecular complexity index is 340. The molecule has 0 aromatic rings. The maximum absolute atomic E-state index is 10.1. The summed E-state index contributed by atoms with van der Waals surface area (Å²) in [7, 11) is 0. The van der Waals surface area contributed by atoms with Crippen LogP contribution in [0.25, 0.3) is 0 Å². The van der Waals surface area contributed by atoms with Crippen molar-refractivity contribution in [3.63, 3.8) is 0 Å². The standard InChI is InChI=1S/C18H35NO2/c1-6-19(7-2)13-15(20)9-11-21-16-12-14-8-10-18(16,5)17(14,3)4/h14-16,20H,6-13H2,1-5H3/t14-,15-,16+,18-/m0/s1. The van der Waals surface area contributed by atoms with E-state index < -0.39 is 0 Å². The van der Waals surface area contributed by atoms with Crippen molar-refractivity contribution in [2.45, 2.75) is 72.5 Å². The molecule has 4 atom stereocenters. The van der Waals surface area contributed by atoms with Gasteiger partial charge in [-0.1, -0.05) is 34.6 Å². The van der Waals surface area contributed by atoms with E-state index in [9.17, 15) is 5.11 Å². The maximum atomic E-state index is 10.1. The van der Waals surface area contributed by atoms with Crippen LogP contribution >= 0.6 is 0 Å². The summed E-state index contributed by atoms with van der Waals surface area (Å²) in [6.07, 6.45) is 4.78. The van der Waals surface area contributed by atoms with Crippen molar-refractivity contribution in [3.8, 4) is 0 Å². The molecule has 0 aromatic carbocycles. The zero-order valence-corrected chi connectivity index (χ0v) is 14.7. The highest BCUT2D eigenvalue weighted by Gasteiger charge is 2.61. The Morgan fingerprint density at radius 1 is 1.24 bits per heavy atom. The Balaban J connectivity index is 1.75. The third-order valence-electron chi connectivity index (χ3n) is 6.85. The average Bonchev–Trinajstić information content (AvgIpc) is 2.78. The molecule has 2 fully saturated rings. The molecule has 2 bridgehead atoms. The van der Waals surface area contributed by atoms with Gasteiger partial charge in [-0.3, -0.25) is 0 Å². The lowest BCUT2D eigenvalue weighted by atomic mass is 9.70. The van der Waals surface area contributed by atoms with Crippen LogP contribution in [0.5, 0.6) is 0 Å². The topological polar surface area (TPSA) is 32.7 Å². The summed E-state index contributed by atoms with van der Waals surface area (Å²) in [5, 5.41) is 10.1. The van der Waals surface area contributed by atoms with Crippen molar-refractivity contribution in [2.75, 3.05) is 26.2 Å². The maximum Gasteiger partial charge on any atom is 0.0689 e. The van der Waals surface area contributed by atoms with Crippen LogP contribution in [0.15, 0.2) is 0 Å². The highest BCUT2D eigenvalue weighted by molar-refractivity contribution is 5.11. The van der Waals surface area contributed by atoms with Crippen molar-refractivity contribution in [1.29, 1.82) is 0 Å². The molecule has 21 heavy (non-hydrogen) atoms. The van der Waals surface area contributed by atoms with Crippen molar-refractivity contribution < 1.29 is 9.84 Å². The molecular weight excluding hydrogens is 262 g/mol. The van der Waals surface area contributed by atoms with Crippen LogP contribution in [-0.4, -0.2) is 48.5 Å². The molecule has 1 N–H and O–H groups in total. The van der Waals surface area contributed by atoms with Crippen LogP contribution in [0.1, 0.15) is 60.3 Å². The lowest BCUT2D eigenvalue weighted by Gasteiger charge is -2.39. The fourth-order valence-electron chi connectivity index (χ4n) is 4.60. The molecule has 2 aliphatic carbocycles. The van der Waals surface area contributed by atoms with Gasteiger partial charge >= 0.3 is 0 Å². The van der Waals surface area contributed by atoms with E-state index in [4.69, 9.17) is 4.74 Å². The van der Waals surface area contributed by atoms with Crippen LogP contribution in [0, 0.1) is 16.7 Å². The Kier molecular flexibility index (Phi) is 5.38. The lowest BCUT2D eigenvalue weighted by molar-refractivity contribution is -0.0562. The minimum atomic E-state index is -0.260. The average molecular weight is 297 g/mol. The summed E-state index contributed by atoms with van der Waals surface area (Å²) in [6, 6.07) is 0. The predicted molar refractivity (Wildman–Crippen MR) is 87.4 cm³/mol. The first-order valence-corrected chi connectivity index (χ1v) is 8.87. The molecule has 0 radical (unpaired) electrons. The highest BCUT2D eigenvalue weighted by atomic mass is 16.5. The molecule has 2 saturated carbocycles. The second-order valence-corrected chi connectivity index (χ2v) is 7.90. The van der Waals surface area contributed by atoms with Crippen LogP contribution in [0.3, 0.4) is 0 Å². The third-order valence-corrected chi connectivity index (χ3v) is 6.85. The van der Waals surface area contributed by atoms with E-state index in [1.54, 1.807) is 0 Å². The second kappa shape index (κ2) is 6.55. The fraction of sp³-hybridized carbons (Fsp3) is 1.00. The Hall–Kier alpha value is -0.120. The van der Waals surface area contributed by atoms with E-state index in [1.807, 2.05) is 0 Å². The first-order chi connectivity index (χ1) is 9.85. The molecule has 3 heteroatoms. The fourth-order valence-corrected chi connectivity index (χ4v) is 4.60. The van der Waals surface area contributed by atoms with Gasteiger partial charge < -0.3 is 14.7 Å². The number of aliphatic hydroxyl groups excluding tert-OH is 1. The molecule has 124 valence electrons. The van der Waals surface area contributed by atoms with Gasteiger partial charge in [0.25, 0.3) is 0 Å². The summed E-state index contributed by atoms with van der Waals surface area (Å²) < 4.78 is 6.22. The predicted octanol–water partition coefficient (Wildman–Crippen LogP) is 3.31. The molecule has 0 unspecified atom stereocenters. The van der Waals surface area contributed by atoms with Gasteiger partial charge in [0.05, 0.1) is 12.2 Å². The van der Waals surface area contributed by atoms with Gasteiger partial charge in [0.1, 0.15) is 0 Å². The van der Waals surface area contributed by atoms with Crippen LogP contribution in [-0.2, 0) is 4.74 Å². The van der Waals surface area contributed by atoms with E-state index in [0.717, 1.165) is 32.0 Å². The van der Waals surface area contributed by atoms with Gasteiger partial charge in [-0.25, -0.2) is 0 Å². The number of likely N-dealkylation sites (N-methyl/N-ethyl adjacent to an activating group) is 1. The SMILES string of the molecule is CCN(CC)C[C@@H](O)CCO[C@@H]1C[C@@H]2CC[C@]1(C)C2(C)C. The Morgan fingerprint density at radius 2 is 1.90 bits per heavy atom. The van der Waals surface area contributed by atoms with Gasteiger partial charge in [0, 0.05) is 13.2 Å². The monoisotopic (exact) mass is 297 g/mol. The number of rotatable bonds is 8. The molecule has 2 rings (SSSR count). The van der Waals surface area contributed by atoms with E-state index in [0.29, 0.717) is 23.5 Å². The van der Waals surface area contributed by atoms with Gasteiger partial charge in [-0.2, -0.15) is 0 Å². The third kappa shape index (κ3) is 3.16. The van der Waals surface area contributed by atoms with Crippen molar-refractivity contribution in [3.05, 3.63) is 0 Å². The molecule has 0 amide bonds. The summed E-state index contributed by atoms with van der Waals surface area (Å²) in [6.45, 7) is 15.0. The van der Waals surface area contributed by atoms with Crippen LogP contribution < -0.4 is 0 Å². The smallest absolute Gasteiger partial charge is 0.0689 e. The Morgan fingerprint density at radius 3 is 2.38 bits per heavy atom. The Labute approximate surface area is 131 Å². The molecule has 0 saturated heterocycles. The first kappa shape index (κ1) is 17.2. The van der Waals surface area contributed by atoms with E-state index in [-0.39, 0.29) is 6.10 Å². The van der Waals surface area contributed by atoms with Crippen molar-refractivity contribution >= 4 is 0 Å². The number of ether oxygens (including phenoxy) is 1. The number of aliphatic hydroxyl groups is 1. The van der Waals surface area contributed by atoms with Gasteiger partial charge in [-0.15, -0.1) is 0 Å². The molecular formula is C18H35NO2. The van der Waals surface area contributed by atoms with Crippen molar-refractivity contribution in [2.24, 2.45) is 16.7 Å². The van der Waals surface area contributed by atoms with E-state index in [1.165, 1.54) is 19.3 Å². The van der Waals surface area contributed by atoms with Gasteiger partial charge in [0.2, 0.25) is 0 Å². The summed E-state index contributed by atoms with van der Waals surface area (Å²) in [4.78, 5) is 2.27. The normalized spacial score (nSPS) is 35.6. The number of hydrogen-bond acceptors (Lipinski definition) is 3. The summed E-state index contributed by atoms with van der Waals surface area (Å²) in [5.41, 5.74) is 0.749. The largest absolute Gasteiger partial charge is 0.392 e. The minimum Gasteiger partial charge on any atom is -0.392 e. The molecule has 0 spiro atoms. The summed E-state index contributed by atoms with van der Waals surface area (Å²) in [5.74, 6) is 0.827.